The molecule has 0 aromatic heterocycles. The second kappa shape index (κ2) is 5.48. The lowest BCUT2D eigenvalue weighted by atomic mass is 9.80. The molecular weight excluding hydrogens is 364 g/mol. The van der Waals surface area contributed by atoms with E-state index in [9.17, 15) is 19.8 Å². The standard InChI is InChI=1S/C21H18O7/c1-21-5-3-4-12(27-21)17-14(28-21)8-11-16(20(17)25)19(24)15-10(18(11)23)6-9(22)7-13(15)26-2/h6-8,12,22,25H,3-5H2,1-2H3/t12-,21-/m0/s1. The predicted molar refractivity (Wildman–Crippen MR) is 96.3 cm³/mol. The Morgan fingerprint density at radius 2 is 1.86 bits per heavy atom. The third kappa shape index (κ3) is 2.13. The molecule has 0 saturated carbocycles. The molecule has 2 atom stereocenters. The summed E-state index contributed by atoms with van der Waals surface area (Å²) in [4.78, 5) is 26.4. The number of fused-ring (bicyclic) bond motifs is 6. The van der Waals surface area contributed by atoms with Gasteiger partial charge in [0.15, 0.2) is 5.78 Å². The summed E-state index contributed by atoms with van der Waals surface area (Å²) < 4.78 is 17.1. The molecule has 1 aliphatic carbocycles. The molecule has 144 valence electrons. The monoisotopic (exact) mass is 382 g/mol. The van der Waals surface area contributed by atoms with E-state index in [1.807, 2.05) is 6.92 Å². The van der Waals surface area contributed by atoms with Crippen LogP contribution < -0.4 is 9.47 Å². The van der Waals surface area contributed by atoms with Gasteiger partial charge in [-0.05, 0) is 25.0 Å². The zero-order valence-electron chi connectivity index (χ0n) is 15.4. The summed E-state index contributed by atoms with van der Waals surface area (Å²) in [6.45, 7) is 1.82. The van der Waals surface area contributed by atoms with Crippen LogP contribution in [0.5, 0.6) is 23.0 Å². The van der Waals surface area contributed by atoms with Crippen LogP contribution in [0.25, 0.3) is 0 Å². The van der Waals surface area contributed by atoms with Gasteiger partial charge in [-0.1, -0.05) is 0 Å². The molecule has 3 aliphatic rings. The fourth-order valence-corrected chi connectivity index (χ4v) is 4.45. The lowest BCUT2D eigenvalue weighted by Gasteiger charge is -2.44. The summed E-state index contributed by atoms with van der Waals surface area (Å²) in [5.74, 6) is -1.89. The maximum atomic E-state index is 13.2. The van der Waals surface area contributed by atoms with Gasteiger partial charge in [-0.3, -0.25) is 9.59 Å². The maximum Gasteiger partial charge on any atom is 0.208 e. The SMILES string of the molecule is COc1cc(O)cc2c1C(=O)c1c(cc3c(c1O)[C@@H]1CCC[C@](C)(O3)O1)C2=O. The first-order valence-corrected chi connectivity index (χ1v) is 9.10. The second-order valence-electron chi connectivity index (χ2n) is 7.52. The minimum absolute atomic E-state index is 0.0270. The number of carbonyl (C=O) groups is 2. The van der Waals surface area contributed by atoms with Crippen LogP contribution >= 0.6 is 0 Å². The average molecular weight is 382 g/mol. The zero-order chi connectivity index (χ0) is 19.8. The van der Waals surface area contributed by atoms with Crippen molar-refractivity contribution in [2.45, 2.75) is 38.1 Å². The molecule has 2 N–H and O–H groups in total. The van der Waals surface area contributed by atoms with Crippen molar-refractivity contribution >= 4 is 11.6 Å². The number of methoxy groups -OCH3 is 1. The third-order valence-corrected chi connectivity index (χ3v) is 5.69. The van der Waals surface area contributed by atoms with E-state index in [-0.39, 0.29) is 39.5 Å². The van der Waals surface area contributed by atoms with Crippen molar-refractivity contribution in [3.8, 4) is 23.0 Å². The van der Waals surface area contributed by atoms with Gasteiger partial charge in [0.2, 0.25) is 11.6 Å². The van der Waals surface area contributed by atoms with E-state index in [0.717, 1.165) is 6.42 Å². The van der Waals surface area contributed by atoms with Crippen molar-refractivity contribution in [3.63, 3.8) is 0 Å². The Balaban J connectivity index is 1.77. The summed E-state index contributed by atoms with van der Waals surface area (Å²) in [6, 6.07) is 4.00. The number of rotatable bonds is 1. The molecule has 0 unspecified atom stereocenters. The van der Waals surface area contributed by atoms with Crippen LogP contribution in [0.2, 0.25) is 0 Å². The van der Waals surface area contributed by atoms with E-state index in [1.54, 1.807) is 0 Å². The van der Waals surface area contributed by atoms with Crippen molar-refractivity contribution in [2.24, 2.45) is 0 Å². The van der Waals surface area contributed by atoms with Gasteiger partial charge in [0.1, 0.15) is 23.0 Å². The molecule has 2 aromatic rings. The highest BCUT2D eigenvalue weighted by atomic mass is 16.7. The molecule has 5 rings (SSSR count). The molecular formula is C21H18O7. The molecule has 7 heteroatoms. The number of hydrogen-bond acceptors (Lipinski definition) is 7. The summed E-state index contributed by atoms with van der Waals surface area (Å²) in [7, 11) is 1.35. The molecule has 2 aliphatic heterocycles. The van der Waals surface area contributed by atoms with Gasteiger partial charge >= 0.3 is 0 Å². The van der Waals surface area contributed by atoms with Crippen molar-refractivity contribution in [1.82, 2.24) is 0 Å². The summed E-state index contributed by atoms with van der Waals surface area (Å²) in [5.41, 5.74) is 0.427. The van der Waals surface area contributed by atoms with Gasteiger partial charge in [-0.2, -0.15) is 0 Å². The summed E-state index contributed by atoms with van der Waals surface area (Å²) in [5, 5.41) is 20.9. The van der Waals surface area contributed by atoms with Crippen LogP contribution in [-0.4, -0.2) is 34.7 Å². The second-order valence-corrected chi connectivity index (χ2v) is 7.52. The first-order valence-electron chi connectivity index (χ1n) is 9.10. The lowest BCUT2D eigenvalue weighted by Crippen LogP contribution is -2.44. The highest BCUT2D eigenvalue weighted by molar-refractivity contribution is 6.30. The Labute approximate surface area is 160 Å². The Morgan fingerprint density at radius 1 is 1.11 bits per heavy atom. The third-order valence-electron chi connectivity index (χ3n) is 5.69. The Hall–Kier alpha value is -3.06. The molecule has 2 bridgehead atoms. The van der Waals surface area contributed by atoms with Gasteiger partial charge in [0.05, 0.1) is 29.9 Å². The Morgan fingerprint density at radius 3 is 2.61 bits per heavy atom. The van der Waals surface area contributed by atoms with Crippen molar-refractivity contribution in [2.75, 3.05) is 7.11 Å². The quantitative estimate of drug-likeness (QED) is 0.666. The zero-order valence-corrected chi connectivity index (χ0v) is 15.4. The van der Waals surface area contributed by atoms with E-state index < -0.39 is 23.5 Å². The Kier molecular flexibility index (Phi) is 3.34. The number of ether oxygens (including phenoxy) is 3. The molecule has 1 saturated heterocycles. The van der Waals surface area contributed by atoms with E-state index in [4.69, 9.17) is 14.2 Å². The molecule has 1 fully saturated rings. The van der Waals surface area contributed by atoms with Crippen LogP contribution in [0.1, 0.15) is 69.7 Å². The van der Waals surface area contributed by atoms with Crippen molar-refractivity contribution in [3.05, 3.63) is 46.0 Å². The summed E-state index contributed by atoms with van der Waals surface area (Å²) in [6.07, 6.45) is 1.84. The maximum absolute atomic E-state index is 13.2. The smallest absolute Gasteiger partial charge is 0.208 e. The first kappa shape index (κ1) is 17.1. The number of aromatic hydroxyl groups is 2. The summed E-state index contributed by atoms with van der Waals surface area (Å²) >= 11 is 0. The minimum atomic E-state index is -0.822. The molecule has 2 aromatic carbocycles. The number of benzene rings is 2. The number of hydrogen-bond donors (Lipinski definition) is 2. The van der Waals surface area contributed by atoms with E-state index in [2.05, 4.69) is 0 Å². The van der Waals surface area contributed by atoms with Crippen molar-refractivity contribution in [1.29, 1.82) is 0 Å². The number of carbonyl (C=O) groups excluding carboxylic acids is 2. The minimum Gasteiger partial charge on any atom is -0.508 e. The van der Waals surface area contributed by atoms with Crippen LogP contribution in [0.3, 0.4) is 0 Å². The van der Waals surface area contributed by atoms with E-state index in [0.29, 0.717) is 24.2 Å². The van der Waals surface area contributed by atoms with E-state index >= 15 is 0 Å². The predicted octanol–water partition coefficient (Wildman–Crippen LogP) is 3.23. The normalized spacial score (nSPS) is 24.7. The van der Waals surface area contributed by atoms with Gasteiger partial charge < -0.3 is 24.4 Å². The van der Waals surface area contributed by atoms with Gasteiger partial charge in [-0.25, -0.2) is 0 Å². The van der Waals surface area contributed by atoms with Gasteiger partial charge in [-0.15, -0.1) is 0 Å². The fourth-order valence-electron chi connectivity index (χ4n) is 4.45. The molecule has 2 heterocycles. The topological polar surface area (TPSA) is 102 Å². The van der Waals surface area contributed by atoms with Crippen LogP contribution in [0.15, 0.2) is 18.2 Å². The largest absolute Gasteiger partial charge is 0.508 e. The van der Waals surface area contributed by atoms with E-state index in [1.165, 1.54) is 25.3 Å². The van der Waals surface area contributed by atoms with Crippen molar-refractivity contribution < 1.29 is 34.0 Å². The number of phenols is 2. The highest BCUT2D eigenvalue weighted by Gasteiger charge is 2.46. The average Bonchev–Trinajstić information content (AvgIpc) is 2.64. The molecule has 0 spiro atoms. The molecule has 28 heavy (non-hydrogen) atoms. The van der Waals surface area contributed by atoms with Gasteiger partial charge in [0.25, 0.3) is 0 Å². The highest BCUT2D eigenvalue weighted by Crippen LogP contribution is 2.53. The van der Waals surface area contributed by atoms with Crippen LogP contribution in [0.4, 0.5) is 0 Å². The first-order chi connectivity index (χ1) is 13.3. The molecule has 0 amide bonds. The molecule has 7 nitrogen and oxygen atoms in total. The lowest BCUT2D eigenvalue weighted by molar-refractivity contribution is -0.243. The Bertz CT molecular complexity index is 1070. The number of ketones is 2. The van der Waals surface area contributed by atoms with Crippen LogP contribution in [0, 0.1) is 0 Å². The number of phenolic OH excluding ortho intramolecular Hbond substituents is 2. The van der Waals surface area contributed by atoms with Crippen LogP contribution in [-0.2, 0) is 4.74 Å². The fraction of sp³-hybridized carbons (Fsp3) is 0.333. The van der Waals surface area contributed by atoms with Gasteiger partial charge in [0, 0.05) is 30.5 Å². The molecule has 0 radical (unpaired) electrons.